The minimum Gasteiger partial charge on any atom is -0.373 e. The van der Waals surface area contributed by atoms with Crippen molar-refractivity contribution in [1.29, 1.82) is 0 Å². The lowest BCUT2D eigenvalue weighted by atomic mass is 10.3. The van der Waals surface area contributed by atoms with Crippen molar-refractivity contribution in [3.05, 3.63) is 23.5 Å². The molecule has 19 heavy (non-hydrogen) atoms. The number of anilines is 1. The first kappa shape index (κ1) is 14.5. The van der Waals surface area contributed by atoms with E-state index >= 15 is 0 Å². The highest BCUT2D eigenvalue weighted by Gasteiger charge is 2.31. The van der Waals surface area contributed by atoms with Crippen LogP contribution in [0.4, 0.5) is 5.69 Å². The average Bonchev–Trinajstić information content (AvgIpc) is 2.31. The second-order valence-corrected chi connectivity index (χ2v) is 6.61. The molecular weight excluding hydrogens is 290 g/mol. The Morgan fingerprint density at radius 3 is 2.63 bits per heavy atom. The maximum Gasteiger partial charge on any atom is 0.301 e. The molecule has 0 saturated carbocycles. The largest absolute Gasteiger partial charge is 0.373 e. The van der Waals surface area contributed by atoms with Crippen LogP contribution in [-0.2, 0) is 14.9 Å². The van der Waals surface area contributed by atoms with Crippen molar-refractivity contribution >= 4 is 27.5 Å². The molecule has 0 aromatic carbocycles. The van der Waals surface area contributed by atoms with E-state index in [9.17, 15) is 8.42 Å². The highest BCUT2D eigenvalue weighted by atomic mass is 35.5. The minimum atomic E-state index is -3.65. The van der Waals surface area contributed by atoms with Gasteiger partial charge in [0.05, 0.1) is 29.1 Å². The quantitative estimate of drug-likeness (QED) is 0.918. The standard InChI is InChI=1S/C11H16ClN3O3S/c1-8-6-15(7-9(2)18-8)19(16,17)14-11-5-13-4-3-10(11)12/h3-5,8-9,14H,6-7H2,1-2H3. The Bertz CT molecular complexity index is 542. The van der Waals surface area contributed by atoms with Crippen LogP contribution in [0.5, 0.6) is 0 Å². The van der Waals surface area contributed by atoms with E-state index in [4.69, 9.17) is 16.3 Å². The fourth-order valence-electron chi connectivity index (χ4n) is 1.98. The topological polar surface area (TPSA) is 71.5 Å². The van der Waals surface area contributed by atoms with Crippen LogP contribution in [0.3, 0.4) is 0 Å². The lowest BCUT2D eigenvalue weighted by molar-refractivity contribution is -0.0439. The summed E-state index contributed by atoms with van der Waals surface area (Å²) in [4.78, 5) is 3.85. The third-order valence-corrected chi connectivity index (χ3v) is 4.52. The van der Waals surface area contributed by atoms with Gasteiger partial charge in [-0.25, -0.2) is 0 Å². The second kappa shape index (κ2) is 5.62. The molecule has 1 N–H and O–H groups in total. The minimum absolute atomic E-state index is 0.135. The first-order valence-corrected chi connectivity index (χ1v) is 7.73. The smallest absolute Gasteiger partial charge is 0.301 e. The van der Waals surface area contributed by atoms with Crippen LogP contribution in [0.25, 0.3) is 0 Å². The molecule has 1 saturated heterocycles. The number of halogens is 1. The Kier molecular flexibility index (Phi) is 4.29. The fourth-order valence-corrected chi connectivity index (χ4v) is 3.57. The lowest BCUT2D eigenvalue weighted by Gasteiger charge is -2.34. The van der Waals surface area contributed by atoms with Crippen molar-refractivity contribution in [3.8, 4) is 0 Å². The SMILES string of the molecule is CC1CN(S(=O)(=O)Nc2cnccc2Cl)CC(C)O1. The highest BCUT2D eigenvalue weighted by Crippen LogP contribution is 2.22. The van der Waals surface area contributed by atoms with Gasteiger partial charge in [0, 0.05) is 19.3 Å². The number of hydrogen-bond acceptors (Lipinski definition) is 4. The van der Waals surface area contributed by atoms with Gasteiger partial charge in [0.25, 0.3) is 0 Å². The number of hydrogen-bond donors (Lipinski definition) is 1. The first-order valence-electron chi connectivity index (χ1n) is 5.91. The molecule has 0 radical (unpaired) electrons. The van der Waals surface area contributed by atoms with Crippen LogP contribution in [-0.4, -0.2) is 43.0 Å². The van der Waals surface area contributed by atoms with E-state index in [0.717, 1.165) is 0 Å². The van der Waals surface area contributed by atoms with Crippen LogP contribution in [0, 0.1) is 0 Å². The van der Waals surface area contributed by atoms with Gasteiger partial charge in [0.2, 0.25) is 0 Å². The number of aromatic nitrogens is 1. The van der Waals surface area contributed by atoms with Gasteiger partial charge in [-0.15, -0.1) is 0 Å². The van der Waals surface area contributed by atoms with E-state index in [2.05, 4.69) is 9.71 Å². The van der Waals surface area contributed by atoms with E-state index in [0.29, 0.717) is 18.1 Å². The van der Waals surface area contributed by atoms with Crippen LogP contribution < -0.4 is 4.72 Å². The molecule has 0 bridgehead atoms. The number of morpholine rings is 1. The van der Waals surface area contributed by atoms with Crippen molar-refractivity contribution in [3.63, 3.8) is 0 Å². The van der Waals surface area contributed by atoms with Gasteiger partial charge in [-0.2, -0.15) is 12.7 Å². The van der Waals surface area contributed by atoms with Crippen LogP contribution in [0.2, 0.25) is 5.02 Å². The molecule has 106 valence electrons. The molecule has 1 fully saturated rings. The van der Waals surface area contributed by atoms with E-state index in [1.807, 2.05) is 13.8 Å². The van der Waals surface area contributed by atoms with E-state index < -0.39 is 10.2 Å². The average molecular weight is 306 g/mol. The van der Waals surface area contributed by atoms with Crippen molar-refractivity contribution in [1.82, 2.24) is 9.29 Å². The molecule has 2 unspecified atom stereocenters. The number of ether oxygens (including phenoxy) is 1. The molecule has 0 aliphatic carbocycles. The second-order valence-electron chi connectivity index (χ2n) is 4.54. The summed E-state index contributed by atoms with van der Waals surface area (Å²) in [6, 6.07) is 1.53. The molecule has 1 aliphatic heterocycles. The summed E-state index contributed by atoms with van der Waals surface area (Å²) in [5, 5.41) is 0.313. The molecule has 2 atom stereocenters. The molecule has 6 nitrogen and oxygen atoms in total. The van der Waals surface area contributed by atoms with E-state index in [-0.39, 0.29) is 17.9 Å². The number of pyridine rings is 1. The lowest BCUT2D eigenvalue weighted by Crippen LogP contribution is -2.49. The van der Waals surface area contributed by atoms with Gasteiger partial charge < -0.3 is 4.74 Å². The maximum atomic E-state index is 12.3. The molecule has 8 heteroatoms. The predicted molar refractivity (Wildman–Crippen MR) is 73.4 cm³/mol. The Balaban J connectivity index is 2.16. The zero-order chi connectivity index (χ0) is 14.0. The molecular formula is C11H16ClN3O3S. The molecule has 0 spiro atoms. The third kappa shape index (κ3) is 3.56. The number of nitrogens with one attached hydrogen (secondary N) is 1. The van der Waals surface area contributed by atoms with Gasteiger partial charge in [-0.1, -0.05) is 11.6 Å². The summed E-state index contributed by atoms with van der Waals surface area (Å²) in [7, 11) is -3.65. The number of nitrogens with zero attached hydrogens (tertiary/aromatic N) is 2. The van der Waals surface area contributed by atoms with E-state index in [1.165, 1.54) is 22.8 Å². The molecule has 2 rings (SSSR count). The third-order valence-electron chi connectivity index (χ3n) is 2.73. The molecule has 2 heterocycles. The van der Waals surface area contributed by atoms with Crippen LogP contribution >= 0.6 is 11.6 Å². The Morgan fingerprint density at radius 2 is 2.05 bits per heavy atom. The Hall–Kier alpha value is -0.890. The summed E-state index contributed by atoms with van der Waals surface area (Å²) in [6.45, 7) is 4.32. The summed E-state index contributed by atoms with van der Waals surface area (Å²) >= 11 is 5.92. The molecule has 1 aromatic heterocycles. The zero-order valence-electron chi connectivity index (χ0n) is 10.7. The zero-order valence-corrected chi connectivity index (χ0v) is 12.3. The van der Waals surface area contributed by atoms with Gasteiger partial charge in [0.1, 0.15) is 0 Å². The van der Waals surface area contributed by atoms with Gasteiger partial charge in [-0.3, -0.25) is 9.71 Å². The number of rotatable bonds is 3. The van der Waals surface area contributed by atoms with Crippen molar-refractivity contribution in [2.24, 2.45) is 0 Å². The maximum absolute atomic E-state index is 12.3. The van der Waals surface area contributed by atoms with Crippen molar-refractivity contribution in [2.75, 3.05) is 17.8 Å². The van der Waals surface area contributed by atoms with Gasteiger partial charge in [-0.05, 0) is 19.9 Å². The van der Waals surface area contributed by atoms with E-state index in [1.54, 1.807) is 0 Å². The monoisotopic (exact) mass is 305 g/mol. The Labute approximate surface area is 117 Å². The summed E-state index contributed by atoms with van der Waals surface area (Å²) < 4.78 is 33.9. The molecule has 1 aromatic rings. The van der Waals surface area contributed by atoms with Crippen molar-refractivity contribution < 1.29 is 13.2 Å². The van der Waals surface area contributed by atoms with Crippen molar-refractivity contribution in [2.45, 2.75) is 26.1 Å². The van der Waals surface area contributed by atoms with Gasteiger partial charge in [0.15, 0.2) is 0 Å². The molecule has 1 aliphatic rings. The Morgan fingerprint density at radius 1 is 1.42 bits per heavy atom. The van der Waals surface area contributed by atoms with Crippen LogP contribution in [0.15, 0.2) is 18.5 Å². The fraction of sp³-hybridized carbons (Fsp3) is 0.545. The summed E-state index contributed by atoms with van der Waals surface area (Å²) in [5.74, 6) is 0. The van der Waals surface area contributed by atoms with Gasteiger partial charge >= 0.3 is 10.2 Å². The molecule has 0 amide bonds. The predicted octanol–water partition coefficient (Wildman–Crippen LogP) is 1.50. The van der Waals surface area contributed by atoms with Crippen LogP contribution in [0.1, 0.15) is 13.8 Å². The normalized spacial score (nSPS) is 25.2. The highest BCUT2D eigenvalue weighted by molar-refractivity contribution is 7.90. The summed E-state index contributed by atoms with van der Waals surface area (Å²) in [5.41, 5.74) is 0.274. The first-order chi connectivity index (χ1) is 8.88. The summed E-state index contributed by atoms with van der Waals surface area (Å²) in [6.07, 6.45) is 2.61.